The zero-order valence-corrected chi connectivity index (χ0v) is 15.3. The molecule has 1 aromatic heterocycles. The van der Waals surface area contributed by atoms with Crippen molar-refractivity contribution in [2.45, 2.75) is 38.6 Å². The molecule has 0 fully saturated rings. The first-order valence-electron chi connectivity index (χ1n) is 8.51. The van der Waals surface area contributed by atoms with Crippen molar-refractivity contribution in [2.75, 3.05) is 7.11 Å². The topological polar surface area (TPSA) is 47.3 Å². The van der Waals surface area contributed by atoms with Crippen molar-refractivity contribution in [3.63, 3.8) is 0 Å². The maximum absolute atomic E-state index is 13.0. The van der Waals surface area contributed by atoms with Gasteiger partial charge in [-0.2, -0.15) is 13.2 Å². The number of aromatic nitrogens is 2. The number of nitrogens with zero attached hydrogens (tertiary/aromatic N) is 2. The number of ether oxygens (including phenoxy) is 1. The van der Waals surface area contributed by atoms with Gasteiger partial charge in [0.15, 0.2) is 0 Å². The normalized spacial score (nSPS) is 12.6. The number of hydrogen-bond acceptors (Lipinski definition) is 3. The van der Waals surface area contributed by atoms with Gasteiger partial charge >= 0.3 is 6.18 Å². The summed E-state index contributed by atoms with van der Waals surface area (Å²) < 4.78 is 46.0. The Kier molecular flexibility index (Phi) is 4.90. The lowest BCUT2D eigenvalue weighted by atomic mass is 10.0. The van der Waals surface area contributed by atoms with Crippen LogP contribution in [0.3, 0.4) is 0 Å². The summed E-state index contributed by atoms with van der Waals surface area (Å²) in [6, 6.07) is 8.97. The Morgan fingerprint density at radius 2 is 1.85 bits per heavy atom. The van der Waals surface area contributed by atoms with E-state index >= 15 is 0 Å². The van der Waals surface area contributed by atoms with Crippen LogP contribution in [-0.2, 0) is 12.7 Å². The van der Waals surface area contributed by atoms with E-state index in [1.807, 2.05) is 16.7 Å². The molecule has 0 saturated heterocycles. The van der Waals surface area contributed by atoms with Crippen LogP contribution in [0.1, 0.15) is 25.8 Å². The highest BCUT2D eigenvalue weighted by Gasteiger charge is 2.31. The summed E-state index contributed by atoms with van der Waals surface area (Å²) in [6.45, 7) is 4.06. The third-order valence-corrected chi connectivity index (χ3v) is 4.43. The molecule has 144 valence electrons. The molecule has 0 amide bonds. The second kappa shape index (κ2) is 6.88. The molecule has 3 aromatic rings. The summed E-state index contributed by atoms with van der Waals surface area (Å²) in [4.78, 5) is 4.34. The fourth-order valence-electron chi connectivity index (χ4n) is 2.90. The monoisotopic (exact) mass is 378 g/mol. The molecule has 0 bridgehead atoms. The van der Waals surface area contributed by atoms with E-state index in [-0.39, 0.29) is 5.75 Å². The number of halogens is 3. The van der Waals surface area contributed by atoms with Gasteiger partial charge in [0.2, 0.25) is 0 Å². The minimum Gasteiger partial charge on any atom is -0.496 e. The Bertz CT molecular complexity index is 956. The molecule has 3 rings (SSSR count). The summed E-state index contributed by atoms with van der Waals surface area (Å²) in [5.41, 5.74) is 1.38. The predicted molar refractivity (Wildman–Crippen MR) is 97.6 cm³/mol. The zero-order valence-electron chi connectivity index (χ0n) is 15.3. The number of aryl methyl sites for hydroxylation is 1. The molecule has 0 aliphatic heterocycles. The van der Waals surface area contributed by atoms with Gasteiger partial charge in [0, 0.05) is 12.1 Å². The van der Waals surface area contributed by atoms with Crippen molar-refractivity contribution in [3.8, 4) is 16.9 Å². The second-order valence-corrected chi connectivity index (χ2v) is 7.12. The maximum Gasteiger partial charge on any atom is 0.416 e. The van der Waals surface area contributed by atoms with Crippen LogP contribution in [0.4, 0.5) is 13.2 Å². The molecule has 0 aliphatic carbocycles. The second-order valence-electron chi connectivity index (χ2n) is 7.12. The third kappa shape index (κ3) is 4.24. The average molecular weight is 378 g/mol. The van der Waals surface area contributed by atoms with Crippen molar-refractivity contribution in [2.24, 2.45) is 0 Å². The number of benzene rings is 2. The number of aliphatic hydroxyl groups is 1. The minimum absolute atomic E-state index is 0.159. The molecule has 0 radical (unpaired) electrons. The van der Waals surface area contributed by atoms with E-state index in [4.69, 9.17) is 4.74 Å². The molecule has 0 aliphatic rings. The number of rotatable bonds is 5. The highest BCUT2D eigenvalue weighted by molar-refractivity contribution is 5.84. The van der Waals surface area contributed by atoms with Gasteiger partial charge in [0.05, 0.1) is 35.6 Å². The molecule has 4 nitrogen and oxygen atoms in total. The number of fused-ring (bicyclic) bond motifs is 1. The summed E-state index contributed by atoms with van der Waals surface area (Å²) in [5.74, 6) is 0.159. The van der Waals surface area contributed by atoms with Gasteiger partial charge in [-0.25, -0.2) is 4.98 Å². The molecule has 7 heteroatoms. The van der Waals surface area contributed by atoms with E-state index in [1.54, 1.807) is 26.2 Å². The summed E-state index contributed by atoms with van der Waals surface area (Å²) in [5, 5.41) is 9.94. The van der Waals surface area contributed by atoms with E-state index in [2.05, 4.69) is 4.98 Å². The van der Waals surface area contributed by atoms with Gasteiger partial charge in [-0.1, -0.05) is 12.1 Å². The number of imidazole rings is 1. The van der Waals surface area contributed by atoms with Gasteiger partial charge in [-0.3, -0.25) is 0 Å². The lowest BCUT2D eigenvalue weighted by Gasteiger charge is -2.17. The van der Waals surface area contributed by atoms with Crippen LogP contribution in [-0.4, -0.2) is 27.4 Å². The van der Waals surface area contributed by atoms with Crippen LogP contribution in [0.15, 0.2) is 42.7 Å². The summed E-state index contributed by atoms with van der Waals surface area (Å²) in [6.07, 6.45) is -2.18. The minimum atomic E-state index is -4.43. The standard InChI is InChI=1S/C20H21F3N2O2/c1-19(2,26)8-9-25-12-24-16-7-4-13(10-17(16)25)15-6-5-14(20(21,22)23)11-18(15)27-3/h4-7,10-12,26H,8-9H2,1-3H3. The lowest BCUT2D eigenvalue weighted by Crippen LogP contribution is -2.20. The first kappa shape index (κ1) is 19.2. The Morgan fingerprint density at radius 1 is 1.11 bits per heavy atom. The van der Waals surface area contributed by atoms with Crippen molar-refractivity contribution >= 4 is 11.0 Å². The van der Waals surface area contributed by atoms with Gasteiger partial charge in [-0.15, -0.1) is 0 Å². The van der Waals surface area contributed by atoms with E-state index < -0.39 is 17.3 Å². The van der Waals surface area contributed by atoms with E-state index in [0.717, 1.165) is 28.7 Å². The largest absolute Gasteiger partial charge is 0.496 e. The molecular weight excluding hydrogens is 357 g/mol. The van der Waals surface area contributed by atoms with Crippen LogP contribution >= 0.6 is 0 Å². The predicted octanol–water partition coefficient (Wildman–Crippen LogP) is 4.89. The quantitative estimate of drug-likeness (QED) is 0.688. The molecule has 1 N–H and O–H groups in total. The smallest absolute Gasteiger partial charge is 0.416 e. The highest BCUT2D eigenvalue weighted by atomic mass is 19.4. The SMILES string of the molecule is COc1cc(C(F)(F)F)ccc1-c1ccc2ncn(CCC(C)(C)O)c2c1. The van der Waals surface area contributed by atoms with Gasteiger partial charge < -0.3 is 14.4 Å². The molecule has 0 spiro atoms. The molecule has 2 aromatic carbocycles. The van der Waals surface area contributed by atoms with Crippen LogP contribution in [0.5, 0.6) is 5.75 Å². The number of hydrogen-bond donors (Lipinski definition) is 1. The average Bonchev–Trinajstić information content (AvgIpc) is 3.00. The Balaban J connectivity index is 2.02. The summed E-state index contributed by atoms with van der Waals surface area (Å²) >= 11 is 0. The molecule has 0 atom stereocenters. The van der Waals surface area contributed by atoms with Crippen molar-refractivity contribution in [1.29, 1.82) is 0 Å². The third-order valence-electron chi connectivity index (χ3n) is 4.43. The van der Waals surface area contributed by atoms with Crippen molar-refractivity contribution in [1.82, 2.24) is 9.55 Å². The Hall–Kier alpha value is -2.54. The van der Waals surface area contributed by atoms with Crippen molar-refractivity contribution < 1.29 is 23.0 Å². The fourth-order valence-corrected chi connectivity index (χ4v) is 2.90. The molecule has 0 saturated carbocycles. The van der Waals surface area contributed by atoms with Crippen LogP contribution in [0.25, 0.3) is 22.2 Å². The van der Waals surface area contributed by atoms with E-state index in [1.165, 1.54) is 13.2 Å². The number of alkyl halides is 3. The van der Waals surface area contributed by atoms with Gasteiger partial charge in [0.25, 0.3) is 0 Å². The maximum atomic E-state index is 13.0. The Morgan fingerprint density at radius 3 is 2.48 bits per heavy atom. The van der Waals surface area contributed by atoms with Gasteiger partial charge in [0.1, 0.15) is 5.75 Å². The van der Waals surface area contributed by atoms with E-state index in [9.17, 15) is 18.3 Å². The van der Waals surface area contributed by atoms with Gasteiger partial charge in [-0.05, 0) is 50.1 Å². The van der Waals surface area contributed by atoms with Crippen LogP contribution in [0.2, 0.25) is 0 Å². The molecular formula is C20H21F3N2O2. The fraction of sp³-hybridized carbons (Fsp3) is 0.350. The lowest BCUT2D eigenvalue weighted by molar-refractivity contribution is -0.137. The molecule has 1 heterocycles. The molecule has 27 heavy (non-hydrogen) atoms. The van der Waals surface area contributed by atoms with Crippen molar-refractivity contribution in [3.05, 3.63) is 48.3 Å². The molecule has 0 unspecified atom stereocenters. The first-order chi connectivity index (χ1) is 12.6. The van der Waals surface area contributed by atoms with E-state index in [0.29, 0.717) is 18.5 Å². The Labute approximate surface area is 155 Å². The zero-order chi connectivity index (χ0) is 19.8. The highest BCUT2D eigenvalue weighted by Crippen LogP contribution is 2.37. The number of methoxy groups -OCH3 is 1. The van der Waals surface area contributed by atoms with Crippen LogP contribution in [0, 0.1) is 0 Å². The first-order valence-corrected chi connectivity index (χ1v) is 8.51. The summed E-state index contributed by atoms with van der Waals surface area (Å²) in [7, 11) is 1.35. The van der Waals surface area contributed by atoms with Crippen LogP contribution < -0.4 is 4.74 Å².